The molecule has 1 aliphatic rings. The maximum Gasteiger partial charge on any atom is 0.215 e. The molecule has 4 heterocycles. The molecule has 1 saturated heterocycles. The van der Waals surface area contributed by atoms with Crippen molar-refractivity contribution in [3.8, 4) is 11.7 Å². The molecular weight excluding hydrogens is 294 g/mol. The van der Waals surface area contributed by atoms with Crippen LogP contribution in [-0.2, 0) is 0 Å². The number of methoxy groups -OCH3 is 1. The molecule has 0 radical (unpaired) electrons. The Morgan fingerprint density at radius 2 is 2.26 bits per heavy atom. The lowest BCUT2D eigenvalue weighted by molar-refractivity contribution is 0.398. The van der Waals surface area contributed by atoms with Crippen molar-refractivity contribution in [2.75, 3.05) is 25.5 Å². The number of rotatable bonds is 4. The third-order valence-corrected chi connectivity index (χ3v) is 3.90. The first-order valence-electron chi connectivity index (χ1n) is 7.50. The smallest absolute Gasteiger partial charge is 0.215 e. The largest absolute Gasteiger partial charge is 0.481 e. The van der Waals surface area contributed by atoms with E-state index in [-0.39, 0.29) is 0 Å². The molecule has 0 aliphatic carbocycles. The van der Waals surface area contributed by atoms with Crippen LogP contribution in [0, 0.1) is 0 Å². The van der Waals surface area contributed by atoms with E-state index in [9.17, 15) is 0 Å². The lowest BCUT2D eigenvalue weighted by atomic mass is 10.3. The predicted octanol–water partition coefficient (Wildman–Crippen LogP) is 0.993. The Kier molecular flexibility index (Phi) is 3.51. The van der Waals surface area contributed by atoms with E-state index in [1.54, 1.807) is 32.0 Å². The van der Waals surface area contributed by atoms with Gasteiger partial charge in [-0.3, -0.25) is 9.55 Å². The molecule has 3 aromatic rings. The summed E-state index contributed by atoms with van der Waals surface area (Å²) in [6.45, 7) is 1.98. The third kappa shape index (κ3) is 2.68. The van der Waals surface area contributed by atoms with Crippen LogP contribution in [0.25, 0.3) is 16.9 Å². The molecule has 118 valence electrons. The molecule has 1 fully saturated rings. The van der Waals surface area contributed by atoms with Gasteiger partial charge in [-0.05, 0) is 13.0 Å². The van der Waals surface area contributed by atoms with Crippen molar-refractivity contribution in [1.82, 2.24) is 29.8 Å². The fourth-order valence-electron chi connectivity index (χ4n) is 2.72. The lowest BCUT2D eigenvalue weighted by Crippen LogP contribution is -2.23. The fourth-order valence-corrected chi connectivity index (χ4v) is 2.72. The minimum absolute atomic E-state index is 0.392. The van der Waals surface area contributed by atoms with Gasteiger partial charge in [-0.1, -0.05) is 0 Å². The number of fused-ring (bicyclic) bond motifs is 1. The van der Waals surface area contributed by atoms with Crippen LogP contribution in [0.4, 0.5) is 5.82 Å². The van der Waals surface area contributed by atoms with Crippen LogP contribution < -0.4 is 15.4 Å². The van der Waals surface area contributed by atoms with Crippen molar-refractivity contribution < 1.29 is 4.74 Å². The number of hydrogen-bond acceptors (Lipinski definition) is 7. The molecule has 2 N–H and O–H groups in total. The van der Waals surface area contributed by atoms with Crippen LogP contribution in [0.15, 0.2) is 31.0 Å². The van der Waals surface area contributed by atoms with E-state index in [4.69, 9.17) is 4.74 Å². The minimum atomic E-state index is 0.392. The second-order valence-corrected chi connectivity index (χ2v) is 5.43. The molecule has 3 aromatic heterocycles. The second kappa shape index (κ2) is 5.81. The normalized spacial score (nSPS) is 17.5. The molecule has 1 unspecified atom stereocenters. The lowest BCUT2D eigenvalue weighted by Gasteiger charge is -2.12. The van der Waals surface area contributed by atoms with Crippen molar-refractivity contribution in [2.24, 2.45) is 0 Å². The van der Waals surface area contributed by atoms with Crippen LogP contribution in [0.5, 0.6) is 5.88 Å². The molecule has 8 heteroatoms. The molecule has 0 spiro atoms. The Morgan fingerprint density at radius 3 is 3.09 bits per heavy atom. The molecular formula is C15H17N7O. The van der Waals surface area contributed by atoms with Crippen LogP contribution in [0.3, 0.4) is 0 Å². The van der Waals surface area contributed by atoms with Gasteiger partial charge in [0, 0.05) is 18.7 Å². The molecule has 8 nitrogen and oxygen atoms in total. The summed E-state index contributed by atoms with van der Waals surface area (Å²) in [7, 11) is 1.59. The van der Waals surface area contributed by atoms with Gasteiger partial charge in [0.1, 0.15) is 17.7 Å². The van der Waals surface area contributed by atoms with Gasteiger partial charge < -0.3 is 15.4 Å². The number of nitrogens with one attached hydrogen (secondary N) is 2. The standard InChI is InChI=1S/C15H17N7O/c1-23-15-4-12-11(6-18-15)19-9-22(12)14-8-17-7-13(21-14)20-10-2-3-16-5-10/h4,6-10,16H,2-3,5H2,1H3,(H,20,21). The van der Waals surface area contributed by atoms with E-state index in [0.717, 1.165) is 36.4 Å². The Balaban J connectivity index is 1.69. The van der Waals surface area contributed by atoms with Gasteiger partial charge in [-0.2, -0.15) is 0 Å². The van der Waals surface area contributed by atoms with Crippen molar-refractivity contribution >= 4 is 16.9 Å². The molecule has 4 rings (SSSR count). The number of pyridine rings is 1. The van der Waals surface area contributed by atoms with Crippen LogP contribution >= 0.6 is 0 Å². The van der Waals surface area contributed by atoms with Gasteiger partial charge >= 0.3 is 0 Å². The number of nitrogens with zero attached hydrogens (tertiary/aromatic N) is 5. The zero-order valence-corrected chi connectivity index (χ0v) is 12.7. The predicted molar refractivity (Wildman–Crippen MR) is 85.9 cm³/mol. The zero-order chi connectivity index (χ0) is 15.6. The van der Waals surface area contributed by atoms with Gasteiger partial charge in [0.15, 0.2) is 5.82 Å². The Hall–Kier alpha value is -2.74. The summed E-state index contributed by atoms with van der Waals surface area (Å²) in [4.78, 5) is 17.5. The van der Waals surface area contributed by atoms with E-state index in [1.807, 2.05) is 10.6 Å². The highest BCUT2D eigenvalue weighted by atomic mass is 16.5. The third-order valence-electron chi connectivity index (χ3n) is 3.90. The Bertz CT molecular complexity index is 826. The SMILES string of the molecule is COc1cc2c(cn1)ncn2-c1cncc(NC2CCNC2)n1. The number of ether oxygens (including phenoxy) is 1. The summed E-state index contributed by atoms with van der Waals surface area (Å²) >= 11 is 0. The maximum absolute atomic E-state index is 5.19. The first kappa shape index (κ1) is 13.9. The summed E-state index contributed by atoms with van der Waals surface area (Å²) in [5.74, 6) is 2.01. The van der Waals surface area contributed by atoms with Crippen molar-refractivity contribution in [1.29, 1.82) is 0 Å². The molecule has 23 heavy (non-hydrogen) atoms. The van der Waals surface area contributed by atoms with E-state index < -0.39 is 0 Å². The first-order valence-corrected chi connectivity index (χ1v) is 7.50. The van der Waals surface area contributed by atoms with Crippen LogP contribution in [0.1, 0.15) is 6.42 Å². The topological polar surface area (TPSA) is 89.8 Å². The molecule has 0 bridgehead atoms. The van der Waals surface area contributed by atoms with Gasteiger partial charge in [-0.25, -0.2) is 15.0 Å². The van der Waals surface area contributed by atoms with Gasteiger partial charge in [-0.15, -0.1) is 0 Å². The van der Waals surface area contributed by atoms with E-state index in [1.165, 1.54) is 0 Å². The van der Waals surface area contributed by atoms with E-state index >= 15 is 0 Å². The molecule has 0 aromatic carbocycles. The Morgan fingerprint density at radius 1 is 1.30 bits per heavy atom. The molecule has 0 saturated carbocycles. The second-order valence-electron chi connectivity index (χ2n) is 5.43. The highest BCUT2D eigenvalue weighted by Crippen LogP contribution is 2.20. The number of anilines is 1. The van der Waals surface area contributed by atoms with E-state index in [0.29, 0.717) is 17.7 Å². The van der Waals surface area contributed by atoms with Crippen molar-refractivity contribution in [3.63, 3.8) is 0 Å². The first-order chi connectivity index (χ1) is 11.3. The Labute approximate surface area is 133 Å². The molecule has 0 amide bonds. The number of imidazole rings is 1. The highest BCUT2D eigenvalue weighted by molar-refractivity contribution is 5.77. The van der Waals surface area contributed by atoms with Gasteiger partial charge in [0.05, 0.1) is 31.2 Å². The van der Waals surface area contributed by atoms with Crippen LogP contribution in [-0.4, -0.2) is 50.7 Å². The molecule has 1 atom stereocenters. The quantitative estimate of drug-likeness (QED) is 0.742. The highest BCUT2D eigenvalue weighted by Gasteiger charge is 2.15. The number of aromatic nitrogens is 5. The fraction of sp³-hybridized carbons (Fsp3) is 0.333. The number of hydrogen-bond donors (Lipinski definition) is 2. The van der Waals surface area contributed by atoms with Gasteiger partial charge in [0.25, 0.3) is 0 Å². The van der Waals surface area contributed by atoms with Crippen LogP contribution in [0.2, 0.25) is 0 Å². The summed E-state index contributed by atoms with van der Waals surface area (Å²) < 4.78 is 7.07. The summed E-state index contributed by atoms with van der Waals surface area (Å²) in [5, 5.41) is 6.73. The van der Waals surface area contributed by atoms with E-state index in [2.05, 4.69) is 30.6 Å². The minimum Gasteiger partial charge on any atom is -0.481 e. The van der Waals surface area contributed by atoms with Crippen molar-refractivity contribution in [2.45, 2.75) is 12.5 Å². The summed E-state index contributed by atoms with van der Waals surface area (Å²) in [6, 6.07) is 2.23. The van der Waals surface area contributed by atoms with Gasteiger partial charge in [0.2, 0.25) is 5.88 Å². The molecule has 1 aliphatic heterocycles. The zero-order valence-electron chi connectivity index (χ0n) is 12.7. The monoisotopic (exact) mass is 311 g/mol. The average molecular weight is 311 g/mol. The maximum atomic E-state index is 5.19. The summed E-state index contributed by atoms with van der Waals surface area (Å²) in [6.07, 6.45) is 7.94. The average Bonchev–Trinajstić information content (AvgIpc) is 3.23. The van der Waals surface area contributed by atoms with Crippen molar-refractivity contribution in [3.05, 3.63) is 31.0 Å². The summed E-state index contributed by atoms with van der Waals surface area (Å²) in [5.41, 5.74) is 1.66.